The van der Waals surface area contributed by atoms with E-state index >= 15 is 0 Å². The van der Waals surface area contributed by atoms with Gasteiger partial charge in [-0.3, -0.25) is 4.79 Å². The van der Waals surface area contributed by atoms with Crippen LogP contribution in [0.2, 0.25) is 0 Å². The van der Waals surface area contributed by atoms with Gasteiger partial charge >= 0.3 is 0 Å². The monoisotopic (exact) mass is 500 g/mol. The Hall–Kier alpha value is -2.39. The molecule has 1 heterocycles. The predicted molar refractivity (Wildman–Crippen MR) is 115 cm³/mol. The highest BCUT2D eigenvalue weighted by Crippen LogP contribution is 2.43. The fourth-order valence-corrected chi connectivity index (χ4v) is 5.11. The van der Waals surface area contributed by atoms with Gasteiger partial charge in [0.15, 0.2) is 29.1 Å². The number of ketones is 1. The van der Waals surface area contributed by atoms with Crippen molar-refractivity contribution in [3.63, 3.8) is 0 Å². The van der Waals surface area contributed by atoms with Gasteiger partial charge in [-0.25, -0.2) is 26.3 Å². The summed E-state index contributed by atoms with van der Waals surface area (Å²) in [7, 11) is 0. The lowest BCUT2D eigenvalue weighted by Gasteiger charge is -2.35. The number of carbonyl (C=O) groups excluding carboxylic acids is 1. The molecule has 2 aromatic rings. The zero-order valence-electron chi connectivity index (χ0n) is 19.0. The van der Waals surface area contributed by atoms with Crippen molar-refractivity contribution in [2.75, 3.05) is 13.2 Å². The van der Waals surface area contributed by atoms with Crippen LogP contribution in [0.15, 0.2) is 24.3 Å². The average molecular weight is 500 g/mol. The highest BCUT2D eigenvalue weighted by molar-refractivity contribution is 5.79. The fourth-order valence-electron chi connectivity index (χ4n) is 5.11. The van der Waals surface area contributed by atoms with Crippen LogP contribution in [0.25, 0.3) is 0 Å². The average Bonchev–Trinajstić information content (AvgIpc) is 3.28. The molecule has 0 N–H and O–H groups in total. The van der Waals surface area contributed by atoms with Crippen LogP contribution in [0.1, 0.15) is 74.3 Å². The van der Waals surface area contributed by atoms with Crippen molar-refractivity contribution in [3.8, 4) is 0 Å². The molecule has 0 radical (unpaired) electrons. The SMILES string of the molecule is Fc1cc(F)c(C2CCC3(CC2)OCCO3)cc1F.O=C1CCC(c2cc(F)c(F)cc2F)CC1. The van der Waals surface area contributed by atoms with E-state index in [2.05, 4.69) is 0 Å². The molecule has 0 bridgehead atoms. The summed E-state index contributed by atoms with van der Waals surface area (Å²) in [6, 6.07) is 3.08. The first-order chi connectivity index (χ1) is 16.7. The second-order valence-corrected chi connectivity index (χ2v) is 9.27. The number of ether oxygens (including phenoxy) is 2. The second kappa shape index (κ2) is 10.7. The van der Waals surface area contributed by atoms with E-state index in [1.165, 1.54) is 0 Å². The molecule has 1 saturated heterocycles. The summed E-state index contributed by atoms with van der Waals surface area (Å²) in [6.45, 7) is 1.18. The Morgan fingerprint density at radius 3 is 1.46 bits per heavy atom. The molecule has 2 aliphatic carbocycles. The molecular weight excluding hydrogens is 474 g/mol. The maximum atomic E-state index is 13.7. The maximum Gasteiger partial charge on any atom is 0.168 e. The minimum Gasteiger partial charge on any atom is -0.348 e. The zero-order valence-corrected chi connectivity index (χ0v) is 19.0. The Morgan fingerprint density at radius 2 is 1.00 bits per heavy atom. The molecule has 1 aliphatic heterocycles. The van der Waals surface area contributed by atoms with E-state index in [1.807, 2.05) is 0 Å². The summed E-state index contributed by atoms with van der Waals surface area (Å²) in [5.41, 5.74) is 0.443. The molecule has 2 saturated carbocycles. The van der Waals surface area contributed by atoms with Crippen molar-refractivity contribution in [1.29, 1.82) is 0 Å². The van der Waals surface area contributed by atoms with E-state index in [0.29, 0.717) is 76.7 Å². The summed E-state index contributed by atoms with van der Waals surface area (Å²) in [4.78, 5) is 11.0. The third-order valence-corrected chi connectivity index (χ3v) is 7.06. The van der Waals surface area contributed by atoms with E-state index in [-0.39, 0.29) is 28.7 Å². The summed E-state index contributed by atoms with van der Waals surface area (Å²) in [6.07, 6.45) is 4.45. The number of benzene rings is 2. The first-order valence-corrected chi connectivity index (χ1v) is 11.8. The topological polar surface area (TPSA) is 35.5 Å². The highest BCUT2D eigenvalue weighted by atomic mass is 19.2. The van der Waals surface area contributed by atoms with Gasteiger partial charge in [-0.2, -0.15) is 0 Å². The first kappa shape index (κ1) is 25.7. The molecule has 5 rings (SSSR count). The molecular formula is C26H26F6O3. The Kier molecular flexibility index (Phi) is 7.86. The van der Waals surface area contributed by atoms with E-state index < -0.39 is 40.7 Å². The minimum atomic E-state index is -1.17. The van der Waals surface area contributed by atoms with Gasteiger partial charge in [-0.15, -0.1) is 0 Å². The number of halogens is 6. The number of hydrogen-bond acceptors (Lipinski definition) is 3. The van der Waals surface area contributed by atoms with Gasteiger partial charge in [0.05, 0.1) is 13.2 Å². The number of hydrogen-bond donors (Lipinski definition) is 0. The third-order valence-electron chi connectivity index (χ3n) is 7.06. The van der Waals surface area contributed by atoms with Gasteiger partial charge in [0, 0.05) is 37.8 Å². The first-order valence-electron chi connectivity index (χ1n) is 11.8. The van der Waals surface area contributed by atoms with Gasteiger partial charge in [0.25, 0.3) is 0 Å². The highest BCUT2D eigenvalue weighted by Gasteiger charge is 2.41. The molecule has 190 valence electrons. The third kappa shape index (κ3) is 5.89. The van der Waals surface area contributed by atoms with Crippen LogP contribution in [0.5, 0.6) is 0 Å². The van der Waals surface area contributed by atoms with Crippen molar-refractivity contribution >= 4 is 5.78 Å². The van der Waals surface area contributed by atoms with Crippen molar-refractivity contribution in [2.45, 2.75) is 69.0 Å². The van der Waals surface area contributed by atoms with E-state index in [0.717, 1.165) is 12.1 Å². The number of rotatable bonds is 2. The molecule has 2 aromatic carbocycles. The predicted octanol–water partition coefficient (Wildman–Crippen LogP) is 6.84. The van der Waals surface area contributed by atoms with Crippen molar-refractivity contribution < 1.29 is 40.6 Å². The van der Waals surface area contributed by atoms with Gasteiger partial charge in [-0.05, 0) is 60.8 Å². The molecule has 1 spiro atoms. The Labute approximate surface area is 199 Å². The lowest BCUT2D eigenvalue weighted by atomic mass is 9.81. The maximum absolute atomic E-state index is 13.7. The molecule has 3 aliphatic rings. The van der Waals surface area contributed by atoms with Gasteiger partial charge in [0.1, 0.15) is 17.4 Å². The minimum absolute atomic E-state index is 0.103. The normalized spacial score (nSPS) is 20.7. The van der Waals surface area contributed by atoms with Crippen molar-refractivity contribution in [1.82, 2.24) is 0 Å². The molecule has 0 aromatic heterocycles. The van der Waals surface area contributed by atoms with Crippen molar-refractivity contribution in [3.05, 3.63) is 70.3 Å². The number of carbonyl (C=O) groups is 1. The molecule has 35 heavy (non-hydrogen) atoms. The summed E-state index contributed by atoms with van der Waals surface area (Å²) in [5, 5.41) is 0. The zero-order chi connectivity index (χ0) is 25.2. The van der Waals surface area contributed by atoms with Gasteiger partial charge < -0.3 is 9.47 Å². The molecule has 0 atom stereocenters. The van der Waals surface area contributed by atoms with Crippen LogP contribution in [0.4, 0.5) is 26.3 Å². The van der Waals surface area contributed by atoms with E-state index in [9.17, 15) is 31.1 Å². The van der Waals surface area contributed by atoms with Crippen LogP contribution in [0.3, 0.4) is 0 Å². The molecule has 0 amide bonds. The van der Waals surface area contributed by atoms with E-state index in [4.69, 9.17) is 9.47 Å². The van der Waals surface area contributed by atoms with Crippen LogP contribution < -0.4 is 0 Å². The Bertz CT molecular complexity index is 1060. The lowest BCUT2D eigenvalue weighted by Crippen LogP contribution is -2.34. The standard InChI is InChI=1S/C14H15F3O2.C12H11F3O/c15-11-8-13(17)12(16)7-10(11)9-1-3-14(4-2-9)18-5-6-19-14;13-10-6-12(15)11(14)5-9(10)7-1-3-8(16)4-2-7/h7-9H,1-6H2;5-7H,1-4H2. The Balaban J connectivity index is 0.000000168. The number of Topliss-reactive ketones (excluding diaryl/α,β-unsaturated/α-hetero) is 1. The van der Waals surface area contributed by atoms with Crippen LogP contribution in [-0.4, -0.2) is 24.8 Å². The quantitative estimate of drug-likeness (QED) is 0.335. The van der Waals surface area contributed by atoms with Crippen LogP contribution in [0, 0.1) is 34.9 Å². The van der Waals surface area contributed by atoms with E-state index in [1.54, 1.807) is 0 Å². The molecule has 3 nitrogen and oxygen atoms in total. The summed E-state index contributed by atoms with van der Waals surface area (Å²) >= 11 is 0. The van der Waals surface area contributed by atoms with Crippen molar-refractivity contribution in [2.24, 2.45) is 0 Å². The molecule has 0 unspecified atom stereocenters. The van der Waals surface area contributed by atoms with Crippen LogP contribution in [-0.2, 0) is 14.3 Å². The molecule has 9 heteroatoms. The van der Waals surface area contributed by atoms with Gasteiger partial charge in [0.2, 0.25) is 0 Å². The van der Waals surface area contributed by atoms with Gasteiger partial charge in [-0.1, -0.05) is 0 Å². The smallest absolute Gasteiger partial charge is 0.168 e. The molecule has 3 fully saturated rings. The second-order valence-electron chi connectivity index (χ2n) is 9.27. The Morgan fingerprint density at radius 1 is 0.600 bits per heavy atom. The largest absolute Gasteiger partial charge is 0.348 e. The fraction of sp³-hybridized carbons (Fsp3) is 0.500. The summed E-state index contributed by atoms with van der Waals surface area (Å²) < 4.78 is 90.1. The van der Waals surface area contributed by atoms with Crippen LogP contribution >= 0.6 is 0 Å². The lowest BCUT2D eigenvalue weighted by molar-refractivity contribution is -0.178. The summed E-state index contributed by atoms with van der Waals surface area (Å²) in [5.74, 6) is -6.39.